The van der Waals surface area contributed by atoms with Crippen LogP contribution in [0.3, 0.4) is 0 Å². The number of nitrogens with one attached hydrogen (secondary N) is 2. The highest BCUT2D eigenvalue weighted by Gasteiger charge is 2.07. The van der Waals surface area contributed by atoms with E-state index >= 15 is 0 Å². The van der Waals surface area contributed by atoms with Gasteiger partial charge in [0, 0.05) is 5.69 Å². The molecule has 7 heteroatoms. The first-order chi connectivity index (χ1) is 11.5. The largest absolute Gasteiger partial charge is 0.496 e. The normalized spacial score (nSPS) is 9.96. The zero-order valence-corrected chi connectivity index (χ0v) is 15.7. The number of thiocarbonyl (C=S) groups is 1. The van der Waals surface area contributed by atoms with Crippen LogP contribution in [0.2, 0.25) is 0 Å². The fraction of sp³-hybridized carbons (Fsp3) is 0.176. The summed E-state index contributed by atoms with van der Waals surface area (Å²) in [5, 5.41) is 5.70. The van der Waals surface area contributed by atoms with Gasteiger partial charge in [0.2, 0.25) is 0 Å². The number of carbonyl (C=O) groups is 1. The molecule has 0 spiro atoms. The summed E-state index contributed by atoms with van der Waals surface area (Å²) in [6, 6.07) is 12.9. The molecule has 0 radical (unpaired) electrons. The first-order valence-corrected chi connectivity index (χ1v) is 8.32. The Morgan fingerprint density at radius 1 is 1.25 bits per heavy atom. The fourth-order valence-electron chi connectivity index (χ4n) is 1.92. The first kappa shape index (κ1) is 18.2. The second-order valence-electron chi connectivity index (χ2n) is 4.96. The lowest BCUT2D eigenvalue weighted by Crippen LogP contribution is -2.37. The molecule has 0 aliphatic carbocycles. The number of halogens is 1. The van der Waals surface area contributed by atoms with E-state index in [1.54, 1.807) is 31.4 Å². The number of aryl methyl sites for hydroxylation is 1. The number of rotatable bonds is 5. The topological polar surface area (TPSA) is 59.6 Å². The molecule has 0 aliphatic heterocycles. The van der Waals surface area contributed by atoms with Crippen molar-refractivity contribution in [2.24, 2.45) is 0 Å². The van der Waals surface area contributed by atoms with Gasteiger partial charge in [-0.25, -0.2) is 0 Å². The summed E-state index contributed by atoms with van der Waals surface area (Å²) in [6.45, 7) is 1.84. The van der Waals surface area contributed by atoms with Crippen molar-refractivity contribution in [3.05, 3.63) is 52.5 Å². The number of methoxy groups -OCH3 is 1. The van der Waals surface area contributed by atoms with Crippen molar-refractivity contribution in [2.45, 2.75) is 6.92 Å². The van der Waals surface area contributed by atoms with Gasteiger partial charge in [0.05, 0.1) is 11.6 Å². The minimum absolute atomic E-state index is 0.114. The van der Waals surface area contributed by atoms with Gasteiger partial charge in [0.25, 0.3) is 5.91 Å². The molecule has 0 saturated heterocycles. The summed E-state index contributed by atoms with van der Waals surface area (Å²) < 4.78 is 11.4. The van der Waals surface area contributed by atoms with Crippen LogP contribution in [0.5, 0.6) is 11.5 Å². The van der Waals surface area contributed by atoms with E-state index in [0.29, 0.717) is 11.5 Å². The van der Waals surface area contributed by atoms with Crippen molar-refractivity contribution in [3.63, 3.8) is 0 Å². The van der Waals surface area contributed by atoms with Crippen LogP contribution >= 0.6 is 28.1 Å². The van der Waals surface area contributed by atoms with Crippen molar-refractivity contribution in [1.82, 2.24) is 5.32 Å². The average molecular weight is 409 g/mol. The number of carbonyl (C=O) groups excluding carboxylic acids is 1. The Bertz CT molecular complexity index is 752. The third-order valence-corrected chi connectivity index (χ3v) is 3.85. The Balaban J connectivity index is 1.83. The summed E-state index contributed by atoms with van der Waals surface area (Å²) in [6.07, 6.45) is 0. The van der Waals surface area contributed by atoms with Gasteiger partial charge in [-0.15, -0.1) is 0 Å². The number of hydrogen-bond donors (Lipinski definition) is 2. The van der Waals surface area contributed by atoms with Crippen LogP contribution in [0.1, 0.15) is 5.56 Å². The fourth-order valence-corrected chi connectivity index (χ4v) is 2.70. The van der Waals surface area contributed by atoms with Crippen LogP contribution < -0.4 is 20.1 Å². The van der Waals surface area contributed by atoms with Crippen LogP contribution in [-0.4, -0.2) is 24.7 Å². The van der Waals surface area contributed by atoms with Crippen LogP contribution in [0.15, 0.2) is 46.9 Å². The molecule has 2 aromatic carbocycles. The molecule has 0 bridgehead atoms. The summed E-state index contributed by atoms with van der Waals surface area (Å²) >= 11 is 8.51. The minimum Gasteiger partial charge on any atom is -0.496 e. The van der Waals surface area contributed by atoms with Gasteiger partial charge in [-0.3, -0.25) is 10.1 Å². The van der Waals surface area contributed by atoms with Crippen LogP contribution in [-0.2, 0) is 4.79 Å². The second kappa shape index (κ2) is 8.65. The maximum absolute atomic E-state index is 11.9. The van der Waals surface area contributed by atoms with Crippen molar-refractivity contribution in [3.8, 4) is 11.5 Å². The molecule has 2 aromatic rings. The third kappa shape index (κ3) is 5.50. The molecule has 0 saturated carbocycles. The first-order valence-electron chi connectivity index (χ1n) is 7.12. The molecule has 5 nitrogen and oxygen atoms in total. The Hall–Kier alpha value is -2.12. The zero-order valence-electron chi connectivity index (χ0n) is 13.3. The lowest BCUT2D eigenvalue weighted by Gasteiger charge is -2.12. The molecule has 0 unspecified atom stereocenters. The predicted octanol–water partition coefficient (Wildman–Crippen LogP) is 3.66. The van der Waals surface area contributed by atoms with E-state index in [9.17, 15) is 4.79 Å². The Labute approximate surface area is 154 Å². The molecule has 1 amide bonds. The molecule has 2 rings (SSSR count). The van der Waals surface area contributed by atoms with Crippen LogP contribution in [0.4, 0.5) is 5.69 Å². The maximum Gasteiger partial charge on any atom is 0.264 e. The molecule has 0 aromatic heterocycles. The van der Waals surface area contributed by atoms with Gasteiger partial charge in [-0.1, -0.05) is 12.1 Å². The van der Waals surface area contributed by atoms with Gasteiger partial charge in [-0.2, -0.15) is 0 Å². The average Bonchev–Trinajstić information content (AvgIpc) is 2.53. The molecule has 0 fully saturated rings. The molecule has 0 aliphatic rings. The second-order valence-corrected chi connectivity index (χ2v) is 6.22. The highest BCUT2D eigenvalue weighted by Crippen LogP contribution is 2.27. The summed E-state index contributed by atoms with van der Waals surface area (Å²) in [5.74, 6) is 1.02. The number of anilines is 1. The highest BCUT2D eigenvalue weighted by atomic mass is 79.9. The van der Waals surface area contributed by atoms with Crippen molar-refractivity contribution >= 4 is 44.9 Å². The Morgan fingerprint density at radius 2 is 2.04 bits per heavy atom. The standard InChI is InChI=1S/C17H17BrN2O3S/c1-11-4-3-5-13(8-11)23-10-16(21)20-17(24)19-12-6-7-15(22-2)14(18)9-12/h3-9H,10H2,1-2H3,(H2,19,20,21,24). The lowest BCUT2D eigenvalue weighted by atomic mass is 10.2. The van der Waals surface area contributed by atoms with E-state index in [0.717, 1.165) is 15.7 Å². The maximum atomic E-state index is 11.9. The molecule has 24 heavy (non-hydrogen) atoms. The number of amides is 1. The van der Waals surface area contributed by atoms with Crippen molar-refractivity contribution < 1.29 is 14.3 Å². The van der Waals surface area contributed by atoms with E-state index in [1.807, 2.05) is 25.1 Å². The van der Waals surface area contributed by atoms with Gasteiger partial charge in [-0.05, 0) is 71.0 Å². The van der Waals surface area contributed by atoms with E-state index < -0.39 is 0 Å². The zero-order chi connectivity index (χ0) is 17.5. The number of hydrogen-bond acceptors (Lipinski definition) is 4. The predicted molar refractivity (Wildman–Crippen MR) is 102 cm³/mol. The van der Waals surface area contributed by atoms with E-state index in [4.69, 9.17) is 21.7 Å². The van der Waals surface area contributed by atoms with Crippen molar-refractivity contribution in [1.29, 1.82) is 0 Å². The van der Waals surface area contributed by atoms with Gasteiger partial charge in [0.15, 0.2) is 11.7 Å². The smallest absolute Gasteiger partial charge is 0.264 e. The lowest BCUT2D eigenvalue weighted by molar-refractivity contribution is -0.121. The Kier molecular flexibility index (Phi) is 6.57. The van der Waals surface area contributed by atoms with Crippen molar-refractivity contribution in [2.75, 3.05) is 19.0 Å². The SMILES string of the molecule is COc1ccc(NC(=S)NC(=O)COc2cccc(C)c2)cc1Br. The quantitative estimate of drug-likeness (QED) is 0.739. The highest BCUT2D eigenvalue weighted by molar-refractivity contribution is 9.10. The van der Waals surface area contributed by atoms with Gasteiger partial charge >= 0.3 is 0 Å². The summed E-state index contributed by atoms with van der Waals surface area (Å²) in [4.78, 5) is 11.9. The third-order valence-electron chi connectivity index (χ3n) is 3.02. The summed E-state index contributed by atoms with van der Waals surface area (Å²) in [5.41, 5.74) is 1.79. The minimum atomic E-state index is -0.332. The van der Waals surface area contributed by atoms with Gasteiger partial charge < -0.3 is 14.8 Å². The van der Waals surface area contributed by atoms with E-state index in [-0.39, 0.29) is 17.6 Å². The van der Waals surface area contributed by atoms with E-state index in [1.165, 1.54) is 0 Å². The molecular weight excluding hydrogens is 392 g/mol. The van der Waals surface area contributed by atoms with Gasteiger partial charge in [0.1, 0.15) is 11.5 Å². The van der Waals surface area contributed by atoms with Crippen LogP contribution in [0.25, 0.3) is 0 Å². The van der Waals surface area contributed by atoms with E-state index in [2.05, 4.69) is 26.6 Å². The molecule has 0 atom stereocenters. The molecular formula is C17H17BrN2O3S. The molecule has 0 heterocycles. The number of ether oxygens (including phenoxy) is 2. The molecule has 126 valence electrons. The Morgan fingerprint density at radius 3 is 2.71 bits per heavy atom. The summed E-state index contributed by atoms with van der Waals surface area (Å²) in [7, 11) is 1.59. The monoisotopic (exact) mass is 408 g/mol. The molecule has 2 N–H and O–H groups in total. The van der Waals surface area contributed by atoms with Crippen LogP contribution in [0, 0.1) is 6.92 Å². The number of benzene rings is 2.